The number of carbonyl (C=O) groups excluding carboxylic acids is 1. The maximum atomic E-state index is 12.6. The highest BCUT2D eigenvalue weighted by Crippen LogP contribution is 2.32. The SMILES string of the molecule is CCn1c(C(=O)N[C@H](C)c2ccccc2)cc2sc(Cl)cc21. The number of nitrogens with zero attached hydrogens (tertiary/aromatic N) is 1. The molecule has 2 aromatic heterocycles. The van der Waals surface area contributed by atoms with E-state index in [1.807, 2.05) is 60.9 Å². The van der Waals surface area contributed by atoms with E-state index >= 15 is 0 Å². The molecular weight excluding hydrogens is 316 g/mol. The number of thiophene rings is 1. The molecule has 1 amide bonds. The van der Waals surface area contributed by atoms with Gasteiger partial charge in [0.1, 0.15) is 5.69 Å². The summed E-state index contributed by atoms with van der Waals surface area (Å²) >= 11 is 7.55. The van der Waals surface area contributed by atoms with Crippen molar-refractivity contribution in [1.29, 1.82) is 0 Å². The molecule has 0 aliphatic rings. The number of aryl methyl sites for hydroxylation is 1. The zero-order valence-electron chi connectivity index (χ0n) is 12.5. The Morgan fingerprint density at radius 1 is 1.32 bits per heavy atom. The Labute approximate surface area is 138 Å². The monoisotopic (exact) mass is 332 g/mol. The lowest BCUT2D eigenvalue weighted by atomic mass is 10.1. The van der Waals surface area contributed by atoms with Crippen LogP contribution in [0.2, 0.25) is 4.34 Å². The molecule has 0 saturated carbocycles. The van der Waals surface area contributed by atoms with Crippen molar-refractivity contribution >= 4 is 39.1 Å². The minimum Gasteiger partial charge on any atom is -0.344 e. The van der Waals surface area contributed by atoms with Crippen molar-refractivity contribution in [1.82, 2.24) is 9.88 Å². The predicted octanol–water partition coefficient (Wildman–Crippen LogP) is 4.87. The van der Waals surface area contributed by atoms with Crippen LogP contribution in [-0.2, 0) is 6.54 Å². The van der Waals surface area contributed by atoms with Crippen molar-refractivity contribution in [3.05, 3.63) is 58.1 Å². The van der Waals surface area contributed by atoms with Crippen molar-refractivity contribution in [2.45, 2.75) is 26.4 Å². The molecule has 0 fully saturated rings. The standard InChI is InChI=1S/C17H17ClN2OS/c1-3-20-13-10-16(18)22-15(13)9-14(20)17(21)19-11(2)12-7-5-4-6-8-12/h4-11H,3H2,1-2H3,(H,19,21)/t11-/m1/s1. The predicted molar refractivity (Wildman–Crippen MR) is 92.8 cm³/mol. The highest BCUT2D eigenvalue weighted by molar-refractivity contribution is 7.22. The van der Waals surface area contributed by atoms with E-state index in [1.165, 1.54) is 11.3 Å². The number of rotatable bonds is 4. The molecule has 0 bridgehead atoms. The Bertz CT molecular complexity index is 807. The number of fused-ring (bicyclic) bond motifs is 1. The minimum absolute atomic E-state index is 0.0319. The molecule has 22 heavy (non-hydrogen) atoms. The fourth-order valence-electron chi connectivity index (χ4n) is 2.64. The number of hydrogen-bond donors (Lipinski definition) is 1. The highest BCUT2D eigenvalue weighted by Gasteiger charge is 2.18. The van der Waals surface area contributed by atoms with Gasteiger partial charge in [-0.25, -0.2) is 0 Å². The van der Waals surface area contributed by atoms with Crippen molar-refractivity contribution in [2.24, 2.45) is 0 Å². The number of carbonyl (C=O) groups is 1. The molecular formula is C17H17ClN2OS. The van der Waals surface area contributed by atoms with Crippen LogP contribution in [-0.4, -0.2) is 10.5 Å². The lowest BCUT2D eigenvalue weighted by molar-refractivity contribution is 0.0931. The first kappa shape index (κ1) is 15.1. The van der Waals surface area contributed by atoms with Gasteiger partial charge in [-0.15, -0.1) is 11.3 Å². The van der Waals surface area contributed by atoms with Gasteiger partial charge < -0.3 is 9.88 Å². The van der Waals surface area contributed by atoms with Crippen molar-refractivity contribution in [3.63, 3.8) is 0 Å². The molecule has 0 aliphatic heterocycles. The number of benzene rings is 1. The molecule has 1 aromatic carbocycles. The summed E-state index contributed by atoms with van der Waals surface area (Å²) in [5.74, 6) is -0.0577. The van der Waals surface area contributed by atoms with Gasteiger partial charge in [0.15, 0.2) is 0 Å². The lowest BCUT2D eigenvalue weighted by Crippen LogP contribution is -2.28. The van der Waals surface area contributed by atoms with Gasteiger partial charge in [0.2, 0.25) is 0 Å². The lowest BCUT2D eigenvalue weighted by Gasteiger charge is -2.15. The first-order chi connectivity index (χ1) is 10.6. The molecule has 0 unspecified atom stereocenters. The van der Waals surface area contributed by atoms with Crippen LogP contribution in [0, 0.1) is 0 Å². The van der Waals surface area contributed by atoms with E-state index in [2.05, 4.69) is 5.32 Å². The molecule has 3 aromatic rings. The number of halogens is 1. The Morgan fingerprint density at radius 3 is 2.73 bits per heavy atom. The second-order valence-corrected chi connectivity index (χ2v) is 6.89. The van der Waals surface area contributed by atoms with E-state index in [0.29, 0.717) is 5.69 Å². The second-order valence-electron chi connectivity index (χ2n) is 5.18. The molecule has 2 heterocycles. The molecule has 0 saturated heterocycles. The molecule has 1 N–H and O–H groups in total. The number of amides is 1. The number of aromatic nitrogens is 1. The molecule has 3 nitrogen and oxygen atoms in total. The largest absolute Gasteiger partial charge is 0.344 e. The molecule has 114 valence electrons. The van der Waals surface area contributed by atoms with Crippen molar-refractivity contribution in [3.8, 4) is 0 Å². The summed E-state index contributed by atoms with van der Waals surface area (Å²) in [5, 5.41) is 3.06. The highest BCUT2D eigenvalue weighted by atomic mass is 35.5. The summed E-state index contributed by atoms with van der Waals surface area (Å²) in [6.45, 7) is 4.76. The van der Waals surface area contributed by atoms with Crippen LogP contribution < -0.4 is 5.32 Å². The number of hydrogen-bond acceptors (Lipinski definition) is 2. The Hall–Kier alpha value is -1.78. The van der Waals surface area contributed by atoms with Crippen LogP contribution in [0.5, 0.6) is 0 Å². The van der Waals surface area contributed by atoms with Gasteiger partial charge in [0.05, 0.1) is 20.6 Å². The Balaban J connectivity index is 1.87. The van der Waals surface area contributed by atoms with E-state index in [-0.39, 0.29) is 11.9 Å². The summed E-state index contributed by atoms with van der Waals surface area (Å²) in [6, 6.07) is 13.8. The Morgan fingerprint density at radius 2 is 2.05 bits per heavy atom. The van der Waals surface area contributed by atoms with E-state index < -0.39 is 0 Å². The maximum Gasteiger partial charge on any atom is 0.268 e. The zero-order valence-corrected chi connectivity index (χ0v) is 14.0. The van der Waals surface area contributed by atoms with Gasteiger partial charge in [-0.2, -0.15) is 0 Å². The fraction of sp³-hybridized carbons (Fsp3) is 0.235. The fourth-order valence-corrected chi connectivity index (χ4v) is 3.81. The van der Waals surface area contributed by atoms with Gasteiger partial charge >= 0.3 is 0 Å². The molecule has 0 radical (unpaired) electrons. The third kappa shape index (κ3) is 2.76. The van der Waals surface area contributed by atoms with Gasteiger partial charge in [0, 0.05) is 6.54 Å². The van der Waals surface area contributed by atoms with E-state index in [4.69, 9.17) is 11.6 Å². The smallest absolute Gasteiger partial charge is 0.268 e. The second kappa shape index (κ2) is 6.15. The van der Waals surface area contributed by atoms with Crippen LogP contribution in [0.3, 0.4) is 0 Å². The average Bonchev–Trinajstić information content (AvgIpc) is 3.03. The van der Waals surface area contributed by atoms with Gasteiger partial charge in [0.25, 0.3) is 5.91 Å². The average molecular weight is 333 g/mol. The summed E-state index contributed by atoms with van der Waals surface area (Å²) < 4.78 is 3.80. The van der Waals surface area contributed by atoms with Gasteiger partial charge in [-0.1, -0.05) is 41.9 Å². The van der Waals surface area contributed by atoms with Crippen LogP contribution in [0.15, 0.2) is 42.5 Å². The zero-order chi connectivity index (χ0) is 15.7. The van der Waals surface area contributed by atoms with Gasteiger partial charge in [-0.05, 0) is 31.5 Å². The molecule has 5 heteroatoms. The third-order valence-corrected chi connectivity index (χ3v) is 4.96. The molecule has 0 aliphatic carbocycles. The minimum atomic E-state index is -0.0577. The summed E-state index contributed by atoms with van der Waals surface area (Å²) in [7, 11) is 0. The third-order valence-electron chi connectivity index (χ3n) is 3.76. The maximum absolute atomic E-state index is 12.6. The summed E-state index contributed by atoms with van der Waals surface area (Å²) in [5.41, 5.74) is 2.80. The van der Waals surface area contributed by atoms with Crippen LogP contribution in [0.25, 0.3) is 10.2 Å². The molecule has 0 spiro atoms. The first-order valence-corrected chi connectivity index (χ1v) is 8.44. The van der Waals surface area contributed by atoms with E-state index in [1.54, 1.807) is 0 Å². The Kier molecular flexibility index (Phi) is 4.23. The quantitative estimate of drug-likeness (QED) is 0.726. The normalized spacial score (nSPS) is 12.5. The topological polar surface area (TPSA) is 34.0 Å². The van der Waals surface area contributed by atoms with Crippen molar-refractivity contribution < 1.29 is 4.79 Å². The molecule has 3 rings (SSSR count). The van der Waals surface area contributed by atoms with E-state index in [9.17, 15) is 4.79 Å². The first-order valence-electron chi connectivity index (χ1n) is 7.24. The van der Waals surface area contributed by atoms with Crippen molar-refractivity contribution in [2.75, 3.05) is 0 Å². The van der Waals surface area contributed by atoms with E-state index in [0.717, 1.165) is 26.7 Å². The summed E-state index contributed by atoms with van der Waals surface area (Å²) in [4.78, 5) is 12.6. The van der Waals surface area contributed by atoms with Crippen LogP contribution >= 0.6 is 22.9 Å². The van der Waals surface area contributed by atoms with Crippen LogP contribution in [0.1, 0.15) is 35.9 Å². The van der Waals surface area contributed by atoms with Crippen LogP contribution in [0.4, 0.5) is 0 Å². The number of nitrogens with one attached hydrogen (secondary N) is 1. The summed E-state index contributed by atoms with van der Waals surface area (Å²) in [6.07, 6.45) is 0. The van der Waals surface area contributed by atoms with Gasteiger partial charge in [-0.3, -0.25) is 4.79 Å². The molecule has 1 atom stereocenters.